The molecular weight excluding hydrogens is 278 g/mol. The van der Waals surface area contributed by atoms with Gasteiger partial charge in [0.15, 0.2) is 0 Å². The minimum atomic E-state index is -0.500. The molecule has 1 aliphatic carbocycles. The summed E-state index contributed by atoms with van der Waals surface area (Å²) >= 11 is 0. The minimum Gasteiger partial charge on any atom is -0.364 e. The van der Waals surface area contributed by atoms with Crippen molar-refractivity contribution in [3.63, 3.8) is 0 Å². The largest absolute Gasteiger partial charge is 0.364 e. The molecule has 2 heterocycles. The van der Waals surface area contributed by atoms with E-state index in [0.717, 1.165) is 37.9 Å². The lowest BCUT2D eigenvalue weighted by molar-refractivity contribution is 0.0995. The van der Waals surface area contributed by atoms with Gasteiger partial charge in [0.1, 0.15) is 17.8 Å². The normalized spacial score (nSPS) is 21.0. The standard InChI is InChI=1S/C16H25N5O/c17-16(22)14-10-15(19-12-18-14)21-8-6-20(7-9-21)11-13-4-2-1-3-5-13/h10,12-13H,1-9,11H2,(H2,17,22). The summed E-state index contributed by atoms with van der Waals surface area (Å²) in [5.41, 5.74) is 5.57. The molecule has 1 amide bonds. The topological polar surface area (TPSA) is 75.4 Å². The van der Waals surface area contributed by atoms with Crippen molar-refractivity contribution in [2.24, 2.45) is 11.7 Å². The van der Waals surface area contributed by atoms with Crippen LogP contribution in [0.5, 0.6) is 0 Å². The Kier molecular flexibility index (Phi) is 4.87. The highest BCUT2D eigenvalue weighted by Crippen LogP contribution is 2.25. The van der Waals surface area contributed by atoms with E-state index in [9.17, 15) is 4.79 Å². The lowest BCUT2D eigenvalue weighted by atomic mass is 9.89. The number of piperazine rings is 1. The fourth-order valence-corrected chi connectivity index (χ4v) is 3.55. The van der Waals surface area contributed by atoms with Crippen LogP contribution in [0.25, 0.3) is 0 Å². The van der Waals surface area contributed by atoms with Crippen molar-refractivity contribution in [2.75, 3.05) is 37.6 Å². The Morgan fingerprint density at radius 1 is 1.14 bits per heavy atom. The van der Waals surface area contributed by atoms with E-state index in [-0.39, 0.29) is 5.69 Å². The van der Waals surface area contributed by atoms with Crippen LogP contribution in [0.15, 0.2) is 12.4 Å². The monoisotopic (exact) mass is 303 g/mol. The zero-order valence-corrected chi connectivity index (χ0v) is 13.1. The van der Waals surface area contributed by atoms with Gasteiger partial charge in [-0.2, -0.15) is 0 Å². The Balaban J connectivity index is 1.52. The number of rotatable bonds is 4. The Morgan fingerprint density at radius 2 is 1.86 bits per heavy atom. The molecule has 1 saturated carbocycles. The van der Waals surface area contributed by atoms with E-state index in [0.29, 0.717) is 0 Å². The third kappa shape index (κ3) is 3.74. The van der Waals surface area contributed by atoms with E-state index >= 15 is 0 Å². The number of hydrogen-bond donors (Lipinski definition) is 1. The average Bonchev–Trinajstić information content (AvgIpc) is 2.56. The molecule has 1 aliphatic heterocycles. The van der Waals surface area contributed by atoms with Crippen LogP contribution < -0.4 is 10.6 Å². The van der Waals surface area contributed by atoms with E-state index < -0.39 is 5.91 Å². The van der Waals surface area contributed by atoms with Gasteiger partial charge >= 0.3 is 0 Å². The fraction of sp³-hybridized carbons (Fsp3) is 0.688. The van der Waals surface area contributed by atoms with E-state index in [2.05, 4.69) is 19.8 Å². The number of aromatic nitrogens is 2. The summed E-state index contributed by atoms with van der Waals surface area (Å²) < 4.78 is 0. The zero-order valence-electron chi connectivity index (χ0n) is 13.1. The molecule has 6 heteroatoms. The summed E-state index contributed by atoms with van der Waals surface area (Å²) in [6, 6.07) is 1.69. The molecule has 0 radical (unpaired) electrons. The summed E-state index contributed by atoms with van der Waals surface area (Å²) in [6.07, 6.45) is 8.44. The predicted octanol–water partition coefficient (Wildman–Crippen LogP) is 1.28. The Labute approximate surface area is 131 Å². The Hall–Kier alpha value is -1.69. The highest BCUT2D eigenvalue weighted by Gasteiger charge is 2.22. The number of primary amides is 1. The van der Waals surface area contributed by atoms with E-state index in [4.69, 9.17) is 5.73 Å². The van der Waals surface area contributed by atoms with Crippen LogP contribution in [-0.2, 0) is 0 Å². The summed E-state index contributed by atoms with van der Waals surface area (Å²) in [5.74, 6) is 1.20. The molecule has 3 rings (SSSR count). The number of amides is 1. The molecule has 0 spiro atoms. The van der Waals surface area contributed by atoms with Gasteiger partial charge in [0.05, 0.1) is 0 Å². The van der Waals surface area contributed by atoms with Crippen LogP contribution in [-0.4, -0.2) is 53.5 Å². The van der Waals surface area contributed by atoms with Crippen LogP contribution in [0.4, 0.5) is 5.82 Å². The van der Waals surface area contributed by atoms with Crippen molar-refractivity contribution in [3.05, 3.63) is 18.1 Å². The van der Waals surface area contributed by atoms with Crippen molar-refractivity contribution < 1.29 is 4.79 Å². The molecule has 0 aromatic carbocycles. The lowest BCUT2D eigenvalue weighted by Crippen LogP contribution is -2.48. The first-order valence-corrected chi connectivity index (χ1v) is 8.31. The SMILES string of the molecule is NC(=O)c1cc(N2CCN(CC3CCCCC3)CC2)ncn1. The molecule has 1 aromatic rings. The first-order valence-electron chi connectivity index (χ1n) is 8.31. The minimum absolute atomic E-state index is 0.287. The van der Waals surface area contributed by atoms with Gasteiger partial charge in [-0.25, -0.2) is 9.97 Å². The highest BCUT2D eigenvalue weighted by atomic mass is 16.1. The fourth-order valence-electron chi connectivity index (χ4n) is 3.55. The predicted molar refractivity (Wildman–Crippen MR) is 85.8 cm³/mol. The van der Waals surface area contributed by atoms with E-state index in [1.54, 1.807) is 6.07 Å². The van der Waals surface area contributed by atoms with Gasteiger partial charge in [-0.3, -0.25) is 9.69 Å². The number of anilines is 1. The second kappa shape index (κ2) is 7.05. The number of hydrogen-bond acceptors (Lipinski definition) is 5. The van der Waals surface area contributed by atoms with Crippen molar-refractivity contribution in [3.8, 4) is 0 Å². The molecule has 1 saturated heterocycles. The molecule has 0 bridgehead atoms. The number of carbonyl (C=O) groups is 1. The van der Waals surface area contributed by atoms with Crippen LogP contribution in [0.3, 0.4) is 0 Å². The summed E-state index contributed by atoms with van der Waals surface area (Å²) in [4.78, 5) is 24.2. The highest BCUT2D eigenvalue weighted by molar-refractivity contribution is 5.91. The van der Waals surface area contributed by atoms with Gasteiger partial charge in [0, 0.05) is 38.8 Å². The van der Waals surface area contributed by atoms with E-state index in [1.165, 1.54) is 45.0 Å². The second-order valence-corrected chi connectivity index (χ2v) is 6.42. The third-order valence-electron chi connectivity index (χ3n) is 4.84. The van der Waals surface area contributed by atoms with Crippen molar-refractivity contribution in [2.45, 2.75) is 32.1 Å². The van der Waals surface area contributed by atoms with Crippen LogP contribution in [0.2, 0.25) is 0 Å². The average molecular weight is 303 g/mol. The summed E-state index contributed by atoms with van der Waals surface area (Å²) in [7, 11) is 0. The molecule has 6 nitrogen and oxygen atoms in total. The van der Waals surface area contributed by atoms with Gasteiger partial charge in [0.25, 0.3) is 5.91 Å². The summed E-state index contributed by atoms with van der Waals surface area (Å²) in [6.45, 7) is 5.26. The molecule has 2 aliphatic rings. The third-order valence-corrected chi connectivity index (χ3v) is 4.84. The van der Waals surface area contributed by atoms with Crippen molar-refractivity contribution in [1.29, 1.82) is 0 Å². The molecule has 0 atom stereocenters. The van der Waals surface area contributed by atoms with Crippen LogP contribution in [0.1, 0.15) is 42.6 Å². The quantitative estimate of drug-likeness (QED) is 0.907. The van der Waals surface area contributed by atoms with Crippen molar-refractivity contribution in [1.82, 2.24) is 14.9 Å². The number of nitrogens with zero attached hydrogens (tertiary/aromatic N) is 4. The molecule has 2 fully saturated rings. The van der Waals surface area contributed by atoms with Gasteiger partial charge in [-0.1, -0.05) is 19.3 Å². The number of carbonyl (C=O) groups excluding carboxylic acids is 1. The molecule has 0 unspecified atom stereocenters. The van der Waals surface area contributed by atoms with Gasteiger partial charge < -0.3 is 10.6 Å². The van der Waals surface area contributed by atoms with Crippen molar-refractivity contribution >= 4 is 11.7 Å². The summed E-state index contributed by atoms with van der Waals surface area (Å²) in [5, 5.41) is 0. The molecular formula is C16H25N5O. The first-order chi connectivity index (χ1) is 10.7. The maximum atomic E-state index is 11.2. The maximum absolute atomic E-state index is 11.2. The first kappa shape index (κ1) is 15.2. The lowest BCUT2D eigenvalue weighted by Gasteiger charge is -2.37. The molecule has 2 N–H and O–H groups in total. The Bertz CT molecular complexity index is 507. The zero-order chi connectivity index (χ0) is 15.4. The van der Waals surface area contributed by atoms with Gasteiger partial charge in [0.2, 0.25) is 0 Å². The maximum Gasteiger partial charge on any atom is 0.267 e. The smallest absolute Gasteiger partial charge is 0.267 e. The molecule has 120 valence electrons. The van der Waals surface area contributed by atoms with Gasteiger partial charge in [-0.05, 0) is 18.8 Å². The Morgan fingerprint density at radius 3 is 2.55 bits per heavy atom. The molecule has 22 heavy (non-hydrogen) atoms. The number of nitrogens with two attached hydrogens (primary N) is 1. The second-order valence-electron chi connectivity index (χ2n) is 6.42. The van der Waals surface area contributed by atoms with E-state index in [1.807, 2.05) is 0 Å². The van der Waals surface area contributed by atoms with Crippen LogP contribution >= 0.6 is 0 Å². The van der Waals surface area contributed by atoms with Crippen LogP contribution in [0, 0.1) is 5.92 Å². The molecule has 1 aromatic heterocycles. The van der Waals surface area contributed by atoms with Gasteiger partial charge in [-0.15, -0.1) is 0 Å².